The van der Waals surface area contributed by atoms with Gasteiger partial charge in [-0.25, -0.2) is 8.42 Å². The first-order chi connectivity index (χ1) is 13.0. The number of halogens is 1. The van der Waals surface area contributed by atoms with E-state index in [0.717, 1.165) is 31.2 Å². The third kappa shape index (κ3) is 4.93. The van der Waals surface area contributed by atoms with E-state index in [0.29, 0.717) is 0 Å². The van der Waals surface area contributed by atoms with Crippen LogP contribution >= 0.6 is 11.6 Å². The van der Waals surface area contributed by atoms with Crippen LogP contribution in [0.5, 0.6) is 0 Å². The average molecular weight is 425 g/mol. The number of carbonyl (C=O) groups is 2. The number of rotatable bonds is 7. The van der Waals surface area contributed by atoms with E-state index in [1.165, 1.54) is 24.3 Å². The summed E-state index contributed by atoms with van der Waals surface area (Å²) in [6.45, 7) is 1.04. The van der Waals surface area contributed by atoms with E-state index in [2.05, 4.69) is 4.72 Å². The highest BCUT2D eigenvalue weighted by Crippen LogP contribution is 2.28. The van der Waals surface area contributed by atoms with Crippen LogP contribution in [-0.4, -0.2) is 30.0 Å². The number of hydrogen-bond donors (Lipinski definition) is 2. The van der Waals surface area contributed by atoms with Crippen molar-refractivity contribution in [2.45, 2.75) is 11.8 Å². The monoisotopic (exact) mass is 424 g/mol. The standard InChI is InChI=1S/C17H13ClN2O7S/c1-10(21)16(22)9-17(23)11-3-2-4-12(7-11)19-28(26,27)13-5-6-14(18)15(8-13)20(24)25/h2-9,19,23H,1H3/b17-9-. The Bertz CT molecular complexity index is 1110. The number of nitrogens with zero attached hydrogens (tertiary/aromatic N) is 1. The van der Waals surface area contributed by atoms with Crippen LogP contribution in [0.3, 0.4) is 0 Å². The summed E-state index contributed by atoms with van der Waals surface area (Å²) in [5, 5.41) is 20.7. The first-order valence-corrected chi connectivity index (χ1v) is 9.40. The normalized spacial score (nSPS) is 11.7. The number of aliphatic hydroxyl groups is 1. The van der Waals surface area contributed by atoms with Crippen LogP contribution in [0, 0.1) is 10.1 Å². The van der Waals surface area contributed by atoms with Gasteiger partial charge in [-0.1, -0.05) is 23.7 Å². The molecule has 9 nitrogen and oxygen atoms in total. The molecule has 0 amide bonds. The number of nitro groups is 1. The molecule has 0 saturated heterocycles. The van der Waals surface area contributed by atoms with Crippen molar-refractivity contribution in [3.8, 4) is 0 Å². The minimum Gasteiger partial charge on any atom is -0.507 e. The van der Waals surface area contributed by atoms with Crippen LogP contribution in [0.4, 0.5) is 11.4 Å². The zero-order valence-electron chi connectivity index (χ0n) is 14.2. The number of Topliss-reactive ketones (excluding diaryl/α,β-unsaturated/α-hetero) is 1. The molecule has 2 N–H and O–H groups in total. The SMILES string of the molecule is CC(=O)C(=O)/C=C(\O)c1cccc(NS(=O)(=O)c2ccc(Cl)c([N+](=O)[O-])c2)c1. The molecule has 0 aliphatic carbocycles. The largest absolute Gasteiger partial charge is 0.507 e. The summed E-state index contributed by atoms with van der Waals surface area (Å²) in [5.74, 6) is -2.21. The van der Waals surface area contributed by atoms with Crippen molar-refractivity contribution in [3.63, 3.8) is 0 Å². The summed E-state index contributed by atoms with van der Waals surface area (Å²) in [5.41, 5.74) is -0.469. The Morgan fingerprint density at radius 1 is 1.21 bits per heavy atom. The van der Waals surface area contributed by atoms with Crippen molar-refractivity contribution in [2.24, 2.45) is 0 Å². The van der Waals surface area contributed by atoms with Gasteiger partial charge in [-0.05, 0) is 24.3 Å². The number of hydrogen-bond acceptors (Lipinski definition) is 7. The summed E-state index contributed by atoms with van der Waals surface area (Å²) in [7, 11) is -4.20. The quantitative estimate of drug-likeness (QED) is 0.228. The summed E-state index contributed by atoms with van der Waals surface area (Å²) in [4.78, 5) is 32.1. The van der Waals surface area contributed by atoms with Gasteiger partial charge in [0.25, 0.3) is 15.7 Å². The molecule has 0 spiro atoms. The van der Waals surface area contributed by atoms with Gasteiger partial charge in [0.2, 0.25) is 5.78 Å². The highest BCUT2D eigenvalue weighted by molar-refractivity contribution is 7.92. The van der Waals surface area contributed by atoms with E-state index in [9.17, 15) is 33.2 Å². The highest BCUT2D eigenvalue weighted by Gasteiger charge is 2.21. The van der Waals surface area contributed by atoms with Crippen LogP contribution in [0.25, 0.3) is 5.76 Å². The van der Waals surface area contributed by atoms with Crippen molar-refractivity contribution in [2.75, 3.05) is 4.72 Å². The number of ketones is 2. The molecule has 0 bridgehead atoms. The number of allylic oxidation sites excluding steroid dienone is 1. The highest BCUT2D eigenvalue weighted by atomic mass is 35.5. The van der Waals surface area contributed by atoms with Gasteiger partial charge < -0.3 is 5.11 Å². The molecule has 146 valence electrons. The average Bonchev–Trinajstić information content (AvgIpc) is 2.61. The molecule has 0 fully saturated rings. The number of benzene rings is 2. The van der Waals surface area contributed by atoms with Gasteiger partial charge >= 0.3 is 0 Å². The van der Waals surface area contributed by atoms with Crippen molar-refractivity contribution in [1.82, 2.24) is 0 Å². The molecule has 11 heteroatoms. The van der Waals surface area contributed by atoms with Crippen LogP contribution in [0.15, 0.2) is 53.4 Å². The van der Waals surface area contributed by atoms with Gasteiger partial charge in [0.05, 0.1) is 9.82 Å². The first-order valence-electron chi connectivity index (χ1n) is 7.54. The molecule has 2 rings (SSSR count). The van der Waals surface area contributed by atoms with Gasteiger partial charge in [-0.2, -0.15) is 0 Å². The zero-order valence-corrected chi connectivity index (χ0v) is 15.8. The molecule has 0 unspecified atom stereocenters. The smallest absolute Gasteiger partial charge is 0.289 e. The topological polar surface area (TPSA) is 144 Å². The summed E-state index contributed by atoms with van der Waals surface area (Å²) < 4.78 is 27.2. The van der Waals surface area contributed by atoms with E-state index in [1.807, 2.05) is 0 Å². The minimum absolute atomic E-state index is 0.0188. The maximum absolute atomic E-state index is 12.5. The fraction of sp³-hybridized carbons (Fsp3) is 0.0588. The minimum atomic E-state index is -4.20. The second kappa shape index (κ2) is 8.19. The number of anilines is 1. The lowest BCUT2D eigenvalue weighted by molar-refractivity contribution is -0.384. The third-order valence-corrected chi connectivity index (χ3v) is 5.15. The fourth-order valence-electron chi connectivity index (χ4n) is 2.06. The van der Waals surface area contributed by atoms with Crippen molar-refractivity contribution >= 4 is 50.3 Å². The molecule has 0 radical (unpaired) electrons. The molecule has 0 saturated carbocycles. The van der Waals surface area contributed by atoms with Gasteiger partial charge in [-0.3, -0.25) is 24.4 Å². The third-order valence-electron chi connectivity index (χ3n) is 3.45. The molecule has 0 aromatic heterocycles. The second-order valence-corrected chi connectivity index (χ2v) is 7.60. The van der Waals surface area contributed by atoms with Crippen molar-refractivity contribution < 1.29 is 28.0 Å². The molecule has 2 aromatic rings. The zero-order chi connectivity index (χ0) is 21.1. The number of nitro benzene ring substituents is 1. The van der Waals surface area contributed by atoms with E-state index >= 15 is 0 Å². The Balaban J connectivity index is 2.35. The molecule has 0 aliphatic rings. The predicted octanol–water partition coefficient (Wildman–Crippen LogP) is 3.11. The summed E-state index contributed by atoms with van der Waals surface area (Å²) in [6, 6.07) is 8.39. The number of carbonyl (C=O) groups excluding carboxylic acids is 2. The van der Waals surface area contributed by atoms with E-state index < -0.39 is 38.0 Å². The Labute approximate surface area is 164 Å². The molecule has 0 heterocycles. The van der Waals surface area contributed by atoms with E-state index in [-0.39, 0.29) is 21.2 Å². The number of nitrogens with one attached hydrogen (secondary N) is 1. The first kappa shape index (κ1) is 21.1. The predicted molar refractivity (Wildman–Crippen MR) is 102 cm³/mol. The van der Waals surface area contributed by atoms with Gasteiger partial charge in [-0.15, -0.1) is 0 Å². The molecular formula is C17H13ClN2O7S. The van der Waals surface area contributed by atoms with Crippen LogP contribution < -0.4 is 4.72 Å². The summed E-state index contributed by atoms with van der Waals surface area (Å²) >= 11 is 5.68. The van der Waals surface area contributed by atoms with Crippen LogP contribution in [0.2, 0.25) is 5.02 Å². The Morgan fingerprint density at radius 3 is 2.50 bits per heavy atom. The Hall–Kier alpha value is -3.24. The Kier molecular flexibility index (Phi) is 6.16. The van der Waals surface area contributed by atoms with E-state index in [1.54, 1.807) is 0 Å². The molecule has 28 heavy (non-hydrogen) atoms. The molecule has 0 atom stereocenters. The fourth-order valence-corrected chi connectivity index (χ4v) is 3.32. The van der Waals surface area contributed by atoms with Gasteiger partial charge in [0.1, 0.15) is 10.8 Å². The van der Waals surface area contributed by atoms with Crippen molar-refractivity contribution in [1.29, 1.82) is 0 Å². The van der Waals surface area contributed by atoms with Gasteiger partial charge in [0.15, 0.2) is 5.78 Å². The Morgan fingerprint density at radius 2 is 1.89 bits per heavy atom. The maximum atomic E-state index is 12.5. The lowest BCUT2D eigenvalue weighted by atomic mass is 10.1. The van der Waals surface area contributed by atoms with Gasteiger partial charge in [0, 0.05) is 30.3 Å². The summed E-state index contributed by atoms with van der Waals surface area (Å²) in [6.07, 6.45) is 0.721. The molecular weight excluding hydrogens is 412 g/mol. The second-order valence-electron chi connectivity index (χ2n) is 5.51. The maximum Gasteiger partial charge on any atom is 0.289 e. The van der Waals surface area contributed by atoms with Crippen LogP contribution in [0.1, 0.15) is 12.5 Å². The molecule has 0 aliphatic heterocycles. The number of sulfonamides is 1. The number of aliphatic hydroxyl groups excluding tert-OH is 1. The molecule has 2 aromatic carbocycles. The van der Waals surface area contributed by atoms with Crippen molar-refractivity contribution in [3.05, 3.63) is 69.2 Å². The van der Waals surface area contributed by atoms with Crippen LogP contribution in [-0.2, 0) is 19.6 Å². The lowest BCUT2D eigenvalue weighted by Gasteiger charge is -2.10. The van der Waals surface area contributed by atoms with E-state index in [4.69, 9.17) is 11.6 Å². The lowest BCUT2D eigenvalue weighted by Crippen LogP contribution is -2.13.